The number of hydrogen-bond donors (Lipinski definition) is 1. The van der Waals surface area contributed by atoms with Crippen LogP contribution in [0, 0.1) is 12.8 Å². The lowest BCUT2D eigenvalue weighted by molar-refractivity contribution is -0.132. The van der Waals surface area contributed by atoms with Gasteiger partial charge in [-0.1, -0.05) is 18.2 Å². The molecule has 0 radical (unpaired) electrons. The van der Waals surface area contributed by atoms with E-state index in [0.29, 0.717) is 24.2 Å². The molecule has 4 heterocycles. The number of aromatic nitrogens is 3. The molecular weight excluding hydrogens is 412 g/mol. The zero-order valence-corrected chi connectivity index (χ0v) is 19.8. The summed E-state index contributed by atoms with van der Waals surface area (Å²) in [5.41, 5.74) is 3.74. The molecule has 1 N–H and O–H groups in total. The Balaban J connectivity index is 1.09. The van der Waals surface area contributed by atoms with E-state index in [0.717, 1.165) is 71.4 Å². The quantitative estimate of drug-likeness (QED) is 0.563. The number of hydrogen-bond acceptors (Lipinski definition) is 3. The number of nitrogens with zero attached hydrogens (tertiary/aromatic N) is 3. The van der Waals surface area contributed by atoms with Crippen molar-refractivity contribution >= 4 is 16.8 Å². The SMILES string of the molecule is Cc1cnc(C2CCOCC2)n1CC1CCN(C(=O)CCCc2c[nH]c3ccccc23)CC1. The van der Waals surface area contributed by atoms with Crippen LogP contribution in [-0.4, -0.2) is 51.6 Å². The summed E-state index contributed by atoms with van der Waals surface area (Å²) in [6.07, 6.45) is 10.9. The van der Waals surface area contributed by atoms with Crippen LogP contribution in [0.15, 0.2) is 36.7 Å². The maximum absolute atomic E-state index is 12.8. The van der Waals surface area contributed by atoms with Crippen LogP contribution in [0.1, 0.15) is 61.5 Å². The normalized spacial score (nSPS) is 18.3. The second kappa shape index (κ2) is 10.1. The fraction of sp³-hybridized carbons (Fsp3) is 0.556. The van der Waals surface area contributed by atoms with Gasteiger partial charge >= 0.3 is 0 Å². The molecule has 0 bridgehead atoms. The van der Waals surface area contributed by atoms with Crippen molar-refractivity contribution in [3.8, 4) is 0 Å². The molecule has 2 aliphatic heterocycles. The van der Waals surface area contributed by atoms with Crippen molar-refractivity contribution in [1.82, 2.24) is 19.4 Å². The average Bonchev–Trinajstić information content (AvgIpc) is 3.43. The largest absolute Gasteiger partial charge is 0.381 e. The molecule has 2 aromatic heterocycles. The number of benzene rings is 1. The van der Waals surface area contributed by atoms with Gasteiger partial charge in [-0.2, -0.15) is 0 Å². The van der Waals surface area contributed by atoms with E-state index in [1.165, 1.54) is 28.0 Å². The smallest absolute Gasteiger partial charge is 0.222 e. The number of rotatable bonds is 7. The lowest BCUT2D eigenvalue weighted by Gasteiger charge is -2.33. The molecule has 2 aliphatic rings. The molecule has 0 atom stereocenters. The summed E-state index contributed by atoms with van der Waals surface area (Å²) in [5, 5.41) is 1.28. The van der Waals surface area contributed by atoms with Crippen LogP contribution in [0.25, 0.3) is 10.9 Å². The molecule has 0 unspecified atom stereocenters. The number of amides is 1. The predicted octanol–water partition coefficient (Wildman–Crippen LogP) is 4.83. The summed E-state index contributed by atoms with van der Waals surface area (Å²) in [6.45, 7) is 6.66. The van der Waals surface area contributed by atoms with Gasteiger partial charge in [0.05, 0.1) is 0 Å². The van der Waals surface area contributed by atoms with E-state index in [1.807, 2.05) is 6.20 Å². The molecule has 0 spiro atoms. The highest BCUT2D eigenvalue weighted by atomic mass is 16.5. The number of nitrogens with one attached hydrogen (secondary N) is 1. The van der Waals surface area contributed by atoms with Crippen LogP contribution < -0.4 is 0 Å². The first-order valence-electron chi connectivity index (χ1n) is 12.6. The van der Waals surface area contributed by atoms with Gasteiger partial charge < -0.3 is 19.2 Å². The van der Waals surface area contributed by atoms with E-state index in [1.54, 1.807) is 0 Å². The van der Waals surface area contributed by atoms with Gasteiger partial charge in [0.1, 0.15) is 5.82 Å². The molecular formula is C27H36N4O2. The first kappa shape index (κ1) is 22.2. The van der Waals surface area contributed by atoms with E-state index in [-0.39, 0.29) is 0 Å². The van der Waals surface area contributed by atoms with E-state index in [2.05, 4.69) is 51.8 Å². The molecule has 2 fully saturated rings. The van der Waals surface area contributed by atoms with Crippen molar-refractivity contribution < 1.29 is 9.53 Å². The number of imidazole rings is 1. The van der Waals surface area contributed by atoms with Gasteiger partial charge in [0.25, 0.3) is 0 Å². The summed E-state index contributed by atoms with van der Waals surface area (Å²) in [6, 6.07) is 8.39. The fourth-order valence-electron chi connectivity index (χ4n) is 5.55. The first-order chi connectivity index (χ1) is 16.2. The second-order valence-corrected chi connectivity index (χ2v) is 9.79. The zero-order valence-electron chi connectivity index (χ0n) is 19.8. The second-order valence-electron chi connectivity index (χ2n) is 9.79. The van der Waals surface area contributed by atoms with Gasteiger partial charge in [-0.3, -0.25) is 4.79 Å². The number of carbonyl (C=O) groups excluding carboxylic acids is 1. The fourth-order valence-corrected chi connectivity index (χ4v) is 5.55. The number of aromatic amines is 1. The van der Waals surface area contributed by atoms with Crippen LogP contribution in [0.4, 0.5) is 0 Å². The molecule has 1 amide bonds. The Morgan fingerprint density at radius 2 is 1.94 bits per heavy atom. The number of aryl methyl sites for hydroxylation is 2. The van der Waals surface area contributed by atoms with E-state index >= 15 is 0 Å². The van der Waals surface area contributed by atoms with Crippen molar-refractivity contribution in [2.75, 3.05) is 26.3 Å². The highest BCUT2D eigenvalue weighted by Crippen LogP contribution is 2.29. The summed E-state index contributed by atoms with van der Waals surface area (Å²) in [5.74, 6) is 2.69. The van der Waals surface area contributed by atoms with Gasteiger partial charge in [-0.05, 0) is 63.0 Å². The zero-order chi connectivity index (χ0) is 22.6. The summed E-state index contributed by atoms with van der Waals surface area (Å²) >= 11 is 0. The van der Waals surface area contributed by atoms with Gasteiger partial charge in [-0.25, -0.2) is 4.98 Å². The molecule has 0 saturated carbocycles. The average molecular weight is 449 g/mol. The lowest BCUT2D eigenvalue weighted by atomic mass is 9.95. The van der Waals surface area contributed by atoms with Crippen LogP contribution in [0.5, 0.6) is 0 Å². The van der Waals surface area contributed by atoms with Crippen molar-refractivity contribution in [2.45, 2.75) is 64.3 Å². The summed E-state index contributed by atoms with van der Waals surface area (Å²) < 4.78 is 7.99. The Bertz CT molecular complexity index is 1070. The molecule has 2 saturated heterocycles. The Hall–Kier alpha value is -2.60. The number of H-pyrrole nitrogens is 1. The molecule has 33 heavy (non-hydrogen) atoms. The van der Waals surface area contributed by atoms with Gasteiger partial charge in [0.15, 0.2) is 0 Å². The number of ether oxygens (including phenoxy) is 1. The van der Waals surface area contributed by atoms with Crippen LogP contribution >= 0.6 is 0 Å². The van der Waals surface area contributed by atoms with Crippen molar-refractivity contribution in [1.29, 1.82) is 0 Å². The van der Waals surface area contributed by atoms with Crippen molar-refractivity contribution in [2.24, 2.45) is 5.92 Å². The van der Waals surface area contributed by atoms with Crippen LogP contribution in [0.2, 0.25) is 0 Å². The third-order valence-corrected chi connectivity index (χ3v) is 7.59. The minimum Gasteiger partial charge on any atom is -0.381 e. The monoisotopic (exact) mass is 448 g/mol. The van der Waals surface area contributed by atoms with Gasteiger partial charge in [0.2, 0.25) is 5.91 Å². The molecule has 1 aromatic carbocycles. The van der Waals surface area contributed by atoms with Crippen molar-refractivity contribution in [3.05, 3.63) is 53.7 Å². The standard InChI is InChI=1S/C27H36N4O2/c1-20-17-29-27(22-11-15-33-16-12-22)31(20)19-21-9-13-30(14-10-21)26(32)8-4-5-23-18-28-25-7-3-2-6-24(23)25/h2-3,6-7,17-18,21-22,28H,4-5,8-16,19H2,1H3. The minimum atomic E-state index is 0.315. The topological polar surface area (TPSA) is 63.1 Å². The molecule has 6 nitrogen and oxygen atoms in total. The summed E-state index contributed by atoms with van der Waals surface area (Å²) in [7, 11) is 0. The predicted molar refractivity (Wildman–Crippen MR) is 130 cm³/mol. The maximum Gasteiger partial charge on any atom is 0.222 e. The van der Waals surface area contributed by atoms with E-state index < -0.39 is 0 Å². The number of para-hydroxylation sites is 1. The van der Waals surface area contributed by atoms with Crippen LogP contribution in [-0.2, 0) is 22.5 Å². The Kier molecular flexibility index (Phi) is 6.81. The minimum absolute atomic E-state index is 0.315. The Morgan fingerprint density at radius 3 is 2.76 bits per heavy atom. The number of carbonyl (C=O) groups is 1. The molecule has 3 aromatic rings. The number of likely N-dealkylation sites (tertiary alicyclic amines) is 1. The Labute approximate surface area is 196 Å². The third kappa shape index (κ3) is 5.01. The van der Waals surface area contributed by atoms with Crippen molar-refractivity contribution in [3.63, 3.8) is 0 Å². The molecule has 5 rings (SSSR count). The van der Waals surface area contributed by atoms with Gasteiger partial charge in [0, 0.05) is 74.2 Å². The highest BCUT2D eigenvalue weighted by Gasteiger charge is 2.26. The molecule has 6 heteroatoms. The first-order valence-corrected chi connectivity index (χ1v) is 12.6. The number of piperidine rings is 1. The van der Waals surface area contributed by atoms with E-state index in [4.69, 9.17) is 9.72 Å². The molecule has 0 aliphatic carbocycles. The summed E-state index contributed by atoms with van der Waals surface area (Å²) in [4.78, 5) is 23.0. The molecule has 176 valence electrons. The van der Waals surface area contributed by atoms with E-state index in [9.17, 15) is 4.79 Å². The maximum atomic E-state index is 12.8. The highest BCUT2D eigenvalue weighted by molar-refractivity contribution is 5.83. The van der Waals surface area contributed by atoms with Gasteiger partial charge in [-0.15, -0.1) is 0 Å². The lowest BCUT2D eigenvalue weighted by Crippen LogP contribution is -2.39. The third-order valence-electron chi connectivity index (χ3n) is 7.59. The number of fused-ring (bicyclic) bond motifs is 1. The Morgan fingerprint density at radius 1 is 1.15 bits per heavy atom. The van der Waals surface area contributed by atoms with Crippen LogP contribution in [0.3, 0.4) is 0 Å².